The molecular formula is C18H18ClN5O3. The number of anilines is 1. The summed E-state index contributed by atoms with van der Waals surface area (Å²) in [4.78, 5) is 12.6. The molecule has 8 nitrogen and oxygen atoms in total. The summed E-state index contributed by atoms with van der Waals surface area (Å²) in [6.45, 7) is 1.01. The number of aromatic nitrogens is 4. The van der Waals surface area contributed by atoms with Crippen LogP contribution in [0.3, 0.4) is 0 Å². The number of nitrogens with zero attached hydrogens (tertiary/aromatic N) is 4. The van der Waals surface area contributed by atoms with Crippen molar-refractivity contribution in [2.45, 2.75) is 31.0 Å². The van der Waals surface area contributed by atoms with Crippen LogP contribution in [0.1, 0.15) is 24.3 Å². The Balaban J connectivity index is 1.39. The minimum absolute atomic E-state index is 0.0103. The van der Waals surface area contributed by atoms with Crippen LogP contribution in [0.5, 0.6) is 0 Å². The largest absolute Gasteiger partial charge is 0.371 e. The Morgan fingerprint density at radius 3 is 2.78 bits per heavy atom. The predicted octanol–water partition coefficient (Wildman–Crippen LogP) is 2.51. The highest BCUT2D eigenvalue weighted by atomic mass is 35.5. The Hall–Kier alpha value is -2.26. The summed E-state index contributed by atoms with van der Waals surface area (Å²) >= 11 is 6.13. The van der Waals surface area contributed by atoms with E-state index in [1.54, 1.807) is 6.33 Å². The Labute approximate surface area is 160 Å². The highest BCUT2D eigenvalue weighted by Crippen LogP contribution is 2.36. The summed E-state index contributed by atoms with van der Waals surface area (Å²) in [5.41, 5.74) is 7.88. The fraction of sp³-hybridized carbons (Fsp3) is 0.389. The molecule has 0 aliphatic carbocycles. The Kier molecular flexibility index (Phi) is 4.20. The van der Waals surface area contributed by atoms with E-state index in [0.717, 1.165) is 12.0 Å². The van der Waals surface area contributed by atoms with Gasteiger partial charge in [0.1, 0.15) is 11.6 Å². The van der Waals surface area contributed by atoms with Crippen LogP contribution in [-0.2, 0) is 14.2 Å². The second kappa shape index (κ2) is 6.72. The molecule has 2 aliphatic heterocycles. The average Bonchev–Trinajstić information content (AvgIpc) is 3.12. The third-order valence-corrected chi connectivity index (χ3v) is 5.26. The number of rotatable bonds is 2. The summed E-state index contributed by atoms with van der Waals surface area (Å²) in [6.07, 6.45) is 1.90. The van der Waals surface area contributed by atoms with Crippen LogP contribution >= 0.6 is 11.6 Å². The molecular weight excluding hydrogens is 370 g/mol. The Morgan fingerprint density at radius 1 is 1.07 bits per heavy atom. The predicted molar refractivity (Wildman–Crippen MR) is 98.1 cm³/mol. The summed E-state index contributed by atoms with van der Waals surface area (Å²) in [6, 6.07) is 9.92. The van der Waals surface area contributed by atoms with E-state index in [2.05, 4.69) is 15.0 Å². The van der Waals surface area contributed by atoms with E-state index in [1.807, 2.05) is 34.9 Å². The van der Waals surface area contributed by atoms with Crippen LogP contribution in [0.2, 0.25) is 5.15 Å². The number of imidazole rings is 1. The Morgan fingerprint density at radius 2 is 1.93 bits per heavy atom. The normalized spacial score (nSPS) is 28.2. The summed E-state index contributed by atoms with van der Waals surface area (Å²) in [7, 11) is 0. The van der Waals surface area contributed by atoms with Crippen molar-refractivity contribution in [3.05, 3.63) is 47.4 Å². The number of halogens is 1. The molecule has 0 saturated carbocycles. The highest BCUT2D eigenvalue weighted by Gasteiger charge is 2.39. The van der Waals surface area contributed by atoms with Gasteiger partial charge in [-0.15, -0.1) is 0 Å². The van der Waals surface area contributed by atoms with Crippen LogP contribution in [0.4, 0.5) is 5.95 Å². The van der Waals surface area contributed by atoms with Gasteiger partial charge in [-0.3, -0.25) is 0 Å². The van der Waals surface area contributed by atoms with Gasteiger partial charge in [-0.2, -0.15) is 9.97 Å². The van der Waals surface area contributed by atoms with Gasteiger partial charge in [-0.25, -0.2) is 4.98 Å². The van der Waals surface area contributed by atoms with E-state index in [-0.39, 0.29) is 35.6 Å². The third kappa shape index (κ3) is 3.04. The van der Waals surface area contributed by atoms with E-state index in [9.17, 15) is 0 Å². The maximum absolute atomic E-state index is 6.20. The van der Waals surface area contributed by atoms with Gasteiger partial charge in [0.2, 0.25) is 5.95 Å². The molecule has 2 aromatic heterocycles. The number of nitrogens with two attached hydrogens (primary N) is 1. The zero-order valence-corrected chi connectivity index (χ0v) is 15.1. The molecule has 1 aromatic carbocycles. The smallest absolute Gasteiger partial charge is 0.223 e. The van der Waals surface area contributed by atoms with Crippen LogP contribution < -0.4 is 5.73 Å². The molecule has 4 heterocycles. The second-order valence-electron chi connectivity index (χ2n) is 6.71. The lowest BCUT2D eigenvalue weighted by molar-refractivity contribution is -0.282. The quantitative estimate of drug-likeness (QED) is 0.674. The molecule has 3 aromatic rings. The monoisotopic (exact) mass is 387 g/mol. The van der Waals surface area contributed by atoms with Crippen molar-refractivity contribution in [3.8, 4) is 0 Å². The molecule has 140 valence electrons. The first-order valence-corrected chi connectivity index (χ1v) is 9.16. The number of hydrogen-bond donors (Lipinski definition) is 1. The average molecular weight is 388 g/mol. The highest BCUT2D eigenvalue weighted by molar-refractivity contribution is 6.33. The number of ether oxygens (including phenoxy) is 3. The summed E-state index contributed by atoms with van der Waals surface area (Å²) in [5.74, 6) is 0.121. The lowest BCUT2D eigenvalue weighted by Gasteiger charge is -2.42. The SMILES string of the molecule is Nc1nc(Cl)c2ncn([C@@H]3CO[C@@H]4COC(c5ccccc5)O[C@H]4C3)c2n1. The summed E-state index contributed by atoms with van der Waals surface area (Å²) < 4.78 is 20.0. The third-order valence-electron chi connectivity index (χ3n) is 4.99. The van der Waals surface area contributed by atoms with Gasteiger partial charge in [-0.05, 0) is 6.42 Å². The molecule has 0 spiro atoms. The molecule has 9 heteroatoms. The van der Waals surface area contributed by atoms with Gasteiger partial charge in [0, 0.05) is 5.56 Å². The first-order valence-electron chi connectivity index (χ1n) is 8.78. The van der Waals surface area contributed by atoms with E-state index >= 15 is 0 Å². The molecule has 0 bridgehead atoms. The van der Waals surface area contributed by atoms with Crippen LogP contribution in [0, 0.1) is 0 Å². The standard InChI is InChI=1S/C18H18ClN5O3/c19-15-14-16(23-18(20)22-15)24(9-21-14)11-6-12-13(25-7-11)8-26-17(27-12)10-4-2-1-3-5-10/h1-5,9,11-13,17H,6-8H2,(H2,20,22,23)/t11-,12-,13+,17?/m0/s1. The van der Waals surface area contributed by atoms with Gasteiger partial charge in [-0.1, -0.05) is 41.9 Å². The molecule has 2 aliphatic rings. The van der Waals surface area contributed by atoms with E-state index in [4.69, 9.17) is 31.5 Å². The molecule has 2 N–H and O–H groups in total. The van der Waals surface area contributed by atoms with Crippen molar-refractivity contribution in [3.63, 3.8) is 0 Å². The summed E-state index contributed by atoms with van der Waals surface area (Å²) in [5, 5.41) is 0.248. The first kappa shape index (κ1) is 16.9. The van der Waals surface area contributed by atoms with Gasteiger partial charge in [0.05, 0.1) is 31.7 Å². The van der Waals surface area contributed by atoms with Gasteiger partial charge >= 0.3 is 0 Å². The maximum atomic E-state index is 6.20. The lowest BCUT2D eigenvalue weighted by atomic mass is 10.0. The van der Waals surface area contributed by atoms with Gasteiger partial charge < -0.3 is 24.5 Å². The van der Waals surface area contributed by atoms with Crippen molar-refractivity contribution in [2.75, 3.05) is 18.9 Å². The van der Waals surface area contributed by atoms with Gasteiger partial charge in [0.25, 0.3) is 0 Å². The zero-order valence-electron chi connectivity index (χ0n) is 14.4. The molecule has 2 saturated heterocycles. The molecule has 0 amide bonds. The van der Waals surface area contributed by atoms with Crippen molar-refractivity contribution >= 4 is 28.7 Å². The van der Waals surface area contributed by atoms with Gasteiger partial charge in [0.15, 0.2) is 17.1 Å². The van der Waals surface area contributed by atoms with Crippen LogP contribution in [-0.4, -0.2) is 44.9 Å². The van der Waals surface area contributed by atoms with Crippen molar-refractivity contribution in [2.24, 2.45) is 0 Å². The van der Waals surface area contributed by atoms with Crippen molar-refractivity contribution < 1.29 is 14.2 Å². The van der Waals surface area contributed by atoms with Crippen molar-refractivity contribution in [1.29, 1.82) is 0 Å². The molecule has 0 radical (unpaired) electrons. The molecule has 27 heavy (non-hydrogen) atoms. The number of fused-ring (bicyclic) bond motifs is 2. The number of hydrogen-bond acceptors (Lipinski definition) is 7. The fourth-order valence-electron chi connectivity index (χ4n) is 3.65. The molecule has 4 atom stereocenters. The second-order valence-corrected chi connectivity index (χ2v) is 7.07. The fourth-order valence-corrected chi connectivity index (χ4v) is 3.87. The molecule has 2 fully saturated rings. The Bertz CT molecular complexity index is 966. The van der Waals surface area contributed by atoms with Crippen LogP contribution in [0.15, 0.2) is 36.7 Å². The molecule has 1 unspecified atom stereocenters. The molecule has 5 rings (SSSR count). The van der Waals surface area contributed by atoms with E-state index < -0.39 is 0 Å². The minimum Gasteiger partial charge on any atom is -0.371 e. The van der Waals surface area contributed by atoms with Crippen molar-refractivity contribution in [1.82, 2.24) is 19.5 Å². The topological polar surface area (TPSA) is 97.3 Å². The number of nitrogen functional groups attached to an aromatic ring is 1. The zero-order chi connectivity index (χ0) is 18.4. The van der Waals surface area contributed by atoms with E-state index in [1.165, 1.54) is 0 Å². The first-order chi connectivity index (χ1) is 13.2. The van der Waals surface area contributed by atoms with E-state index in [0.29, 0.717) is 24.4 Å². The number of benzene rings is 1. The van der Waals surface area contributed by atoms with Crippen LogP contribution in [0.25, 0.3) is 11.2 Å². The lowest BCUT2D eigenvalue weighted by Crippen LogP contribution is -2.47. The maximum Gasteiger partial charge on any atom is 0.223 e. The minimum atomic E-state index is -0.387.